The Labute approximate surface area is 229 Å². The fourth-order valence-corrected chi connectivity index (χ4v) is 5.13. The maximum Gasteiger partial charge on any atom is 1.00 e. The molecule has 3 heterocycles. The van der Waals surface area contributed by atoms with E-state index in [0.29, 0.717) is 0 Å². The molecule has 2 aromatic carbocycles. The van der Waals surface area contributed by atoms with E-state index in [2.05, 4.69) is 32.2 Å². The van der Waals surface area contributed by atoms with Crippen molar-refractivity contribution in [1.29, 1.82) is 0 Å². The fraction of sp³-hybridized carbons (Fsp3) is 0.464. The van der Waals surface area contributed by atoms with Gasteiger partial charge in [-0.1, -0.05) is 35.2 Å². The molecule has 9 heteroatoms. The van der Waals surface area contributed by atoms with E-state index in [1.54, 1.807) is 12.1 Å². The molecule has 2 fully saturated rings. The van der Waals surface area contributed by atoms with Crippen molar-refractivity contribution in [2.45, 2.75) is 76.8 Å². The molecule has 3 aliphatic rings. The van der Waals surface area contributed by atoms with Gasteiger partial charge < -0.3 is 35.0 Å². The molecular weight excluding hydrogens is 467 g/mol. The summed E-state index contributed by atoms with van der Waals surface area (Å²) in [5, 5.41) is 35.4. The van der Waals surface area contributed by atoms with Gasteiger partial charge in [0.2, 0.25) is 0 Å². The molecule has 0 aromatic heterocycles. The van der Waals surface area contributed by atoms with Crippen molar-refractivity contribution >= 4 is 23.0 Å². The van der Waals surface area contributed by atoms with Crippen molar-refractivity contribution in [2.75, 3.05) is 11.4 Å². The van der Waals surface area contributed by atoms with E-state index in [4.69, 9.17) is 9.47 Å². The Kier molecular flexibility index (Phi) is 7.35. The zero-order chi connectivity index (χ0) is 25.8. The minimum absolute atomic E-state index is 0. The number of carbonyl (C=O) groups is 1. The number of aromatic hydroxyl groups is 3. The largest absolute Gasteiger partial charge is 1.00 e. The number of amides is 1. The molecule has 5 rings (SSSR count). The van der Waals surface area contributed by atoms with Crippen LogP contribution in [0, 0.1) is 0 Å². The number of carbonyl (C=O) groups excluding carboxylic acids is 1. The van der Waals surface area contributed by atoms with Crippen LogP contribution in [0.2, 0.25) is 0 Å². The molecule has 4 atom stereocenters. The number of benzene rings is 2. The Hall–Kier alpha value is -2.63. The molecule has 0 aliphatic carbocycles. The van der Waals surface area contributed by atoms with E-state index >= 15 is 0 Å². The number of hydrogen-bond acceptors (Lipinski definition) is 6. The number of allylic oxidation sites excluding steroid dienone is 2. The summed E-state index contributed by atoms with van der Waals surface area (Å²) in [5.41, 5.74) is 1.50. The standard InChI is InChI=1S/C28H34N2O6.Li/c1-16(2)7-6-11-27(3)22(35-27)10-12-28(4)23(36-28)15-30-19-13-17(31)14-21(33)25(19)29-24-18(26(30)34)8-5-9-20(24)32;/h5,7-9,13-14,22-23H,6,10-12,15H2,1-4H3,(H4,29,31,32,33,34);/q;+1/p-1. The van der Waals surface area contributed by atoms with Gasteiger partial charge in [0.15, 0.2) is 0 Å². The number of nitrogens with zero attached hydrogens (tertiary/aromatic N) is 2. The van der Waals surface area contributed by atoms with Gasteiger partial charge >= 0.3 is 18.9 Å². The molecule has 8 nitrogen and oxygen atoms in total. The van der Waals surface area contributed by atoms with E-state index in [1.807, 2.05) is 6.92 Å². The van der Waals surface area contributed by atoms with Gasteiger partial charge in [-0.2, -0.15) is 0 Å². The number of fused-ring (bicyclic) bond motifs is 2. The number of anilines is 1. The van der Waals surface area contributed by atoms with Gasteiger partial charge in [-0.3, -0.25) is 4.79 Å². The molecule has 0 saturated carbocycles. The van der Waals surface area contributed by atoms with Crippen LogP contribution in [0.4, 0.5) is 17.1 Å². The van der Waals surface area contributed by atoms with Crippen molar-refractivity contribution < 1.29 is 48.4 Å². The van der Waals surface area contributed by atoms with E-state index < -0.39 is 5.60 Å². The summed E-state index contributed by atoms with van der Waals surface area (Å²) in [6.07, 6.45) is 5.87. The van der Waals surface area contributed by atoms with Crippen molar-refractivity contribution in [3.63, 3.8) is 0 Å². The Bertz CT molecular complexity index is 1250. The smallest absolute Gasteiger partial charge is 0.650 e. The van der Waals surface area contributed by atoms with E-state index in [0.717, 1.165) is 31.7 Å². The van der Waals surface area contributed by atoms with Gasteiger partial charge in [-0.15, -0.1) is 0 Å². The molecule has 0 spiro atoms. The fourth-order valence-electron chi connectivity index (χ4n) is 5.13. The van der Waals surface area contributed by atoms with Crippen LogP contribution >= 0.6 is 0 Å². The minimum Gasteiger partial charge on any atom is -0.650 e. The van der Waals surface area contributed by atoms with Gasteiger partial charge in [0.25, 0.3) is 5.91 Å². The third kappa shape index (κ3) is 5.35. The first-order chi connectivity index (χ1) is 17.0. The Morgan fingerprint density at radius 3 is 2.46 bits per heavy atom. The molecule has 4 unspecified atom stereocenters. The Morgan fingerprint density at radius 1 is 1.03 bits per heavy atom. The number of para-hydroxylation sites is 1. The first-order valence-electron chi connectivity index (χ1n) is 12.4. The second-order valence-corrected chi connectivity index (χ2v) is 10.7. The summed E-state index contributed by atoms with van der Waals surface area (Å²) in [6.45, 7) is 8.62. The third-order valence-electron chi connectivity index (χ3n) is 7.57. The van der Waals surface area contributed by atoms with Crippen molar-refractivity contribution in [3.05, 3.63) is 52.9 Å². The van der Waals surface area contributed by atoms with Crippen LogP contribution < -0.4 is 23.8 Å². The second-order valence-electron chi connectivity index (χ2n) is 10.7. The molecule has 0 radical (unpaired) electrons. The predicted octanol–water partition coefficient (Wildman–Crippen LogP) is 2.95. The zero-order valence-corrected chi connectivity index (χ0v) is 22.1. The topological polar surface area (TPSA) is 120 Å². The first-order valence-corrected chi connectivity index (χ1v) is 12.4. The normalized spacial score (nSPS) is 27.2. The Morgan fingerprint density at radius 2 is 1.73 bits per heavy atom. The van der Waals surface area contributed by atoms with Gasteiger partial charge in [-0.05, 0) is 59.4 Å². The summed E-state index contributed by atoms with van der Waals surface area (Å²) in [7, 11) is 0. The van der Waals surface area contributed by atoms with Gasteiger partial charge in [0.1, 0.15) is 23.4 Å². The number of phenolic OH excluding ortho intramolecular Hbond substituents is 3. The summed E-state index contributed by atoms with van der Waals surface area (Å²) in [5.74, 6) is -1.02. The van der Waals surface area contributed by atoms with Crippen molar-refractivity contribution in [2.24, 2.45) is 0 Å². The van der Waals surface area contributed by atoms with Crippen LogP contribution in [-0.4, -0.2) is 51.2 Å². The van der Waals surface area contributed by atoms with Crippen LogP contribution in [0.25, 0.3) is 5.32 Å². The molecule has 2 saturated heterocycles. The van der Waals surface area contributed by atoms with E-state index in [1.165, 1.54) is 22.6 Å². The number of ether oxygens (including phenoxy) is 2. The summed E-state index contributed by atoms with van der Waals surface area (Å²) in [4.78, 5) is 15.0. The number of epoxide rings is 2. The van der Waals surface area contributed by atoms with Crippen LogP contribution in [0.5, 0.6) is 17.2 Å². The van der Waals surface area contributed by atoms with Crippen molar-refractivity contribution in [3.8, 4) is 17.2 Å². The summed E-state index contributed by atoms with van der Waals surface area (Å²) < 4.78 is 12.1. The summed E-state index contributed by atoms with van der Waals surface area (Å²) in [6, 6.07) is 7.17. The van der Waals surface area contributed by atoms with E-state index in [9.17, 15) is 20.1 Å². The van der Waals surface area contributed by atoms with E-state index in [-0.39, 0.29) is 89.0 Å². The van der Waals surface area contributed by atoms with Gasteiger partial charge in [0, 0.05) is 23.4 Å². The quantitative estimate of drug-likeness (QED) is 0.291. The second kappa shape index (κ2) is 9.92. The summed E-state index contributed by atoms with van der Waals surface area (Å²) >= 11 is 0. The van der Waals surface area contributed by atoms with Crippen LogP contribution in [0.1, 0.15) is 63.7 Å². The number of rotatable bonds is 8. The van der Waals surface area contributed by atoms with Crippen LogP contribution in [0.3, 0.4) is 0 Å². The zero-order valence-electron chi connectivity index (χ0n) is 22.1. The molecule has 192 valence electrons. The minimum atomic E-state index is -0.406. The maximum absolute atomic E-state index is 13.6. The maximum atomic E-state index is 13.6. The SMILES string of the molecule is CC(C)=CCCC1(C)OC1CCC1(C)OC1CN1C(=O)c2cccc(O)c2[N-]c2c(O)cc(O)cc21.[Li+]. The molecule has 1 amide bonds. The van der Waals surface area contributed by atoms with Gasteiger partial charge in [0.05, 0.1) is 23.9 Å². The molecule has 2 aromatic rings. The van der Waals surface area contributed by atoms with Gasteiger partial charge in [-0.25, -0.2) is 0 Å². The average Bonchev–Trinajstić information content (AvgIpc) is 3.67. The first kappa shape index (κ1) is 27.4. The number of hydrogen-bond donors (Lipinski definition) is 3. The number of phenols is 3. The predicted molar refractivity (Wildman–Crippen MR) is 137 cm³/mol. The molecular formula is C28H33LiN2O6. The third-order valence-corrected chi connectivity index (χ3v) is 7.57. The Balaban J connectivity index is 0.00000320. The van der Waals surface area contributed by atoms with Crippen LogP contribution in [0.15, 0.2) is 42.0 Å². The molecule has 37 heavy (non-hydrogen) atoms. The molecule has 3 N–H and O–H groups in total. The monoisotopic (exact) mass is 500 g/mol. The van der Waals surface area contributed by atoms with Crippen molar-refractivity contribution in [1.82, 2.24) is 0 Å². The average molecular weight is 501 g/mol. The molecule has 3 aliphatic heterocycles. The molecule has 0 bridgehead atoms. The van der Waals surface area contributed by atoms with Crippen LogP contribution in [-0.2, 0) is 9.47 Å².